The Hall–Kier alpha value is -1.57. The van der Waals surface area contributed by atoms with Crippen LogP contribution in [0.2, 0.25) is 0 Å². The second kappa shape index (κ2) is 3.05. The molecule has 2 rings (SSSR count). The van der Waals surface area contributed by atoms with Crippen LogP contribution < -0.4 is 0 Å². The predicted octanol–water partition coefficient (Wildman–Crippen LogP) is 2.20. The van der Waals surface area contributed by atoms with Crippen LogP contribution in [0.1, 0.15) is 5.69 Å². The number of benzene rings is 1. The first-order valence-electron chi connectivity index (χ1n) is 4.25. The lowest BCUT2D eigenvalue weighted by Crippen LogP contribution is -1.92. The van der Waals surface area contributed by atoms with Crippen LogP contribution in [0.5, 0.6) is 0 Å². The molecule has 13 heavy (non-hydrogen) atoms. The summed E-state index contributed by atoms with van der Waals surface area (Å²) in [7, 11) is 1.95. The van der Waals surface area contributed by atoms with Gasteiger partial charge in [-0.2, -0.15) is 5.10 Å². The lowest BCUT2D eigenvalue weighted by atomic mass is 10.1. The van der Waals surface area contributed by atoms with E-state index in [0.717, 1.165) is 17.0 Å². The van der Waals surface area contributed by atoms with Gasteiger partial charge in [0.1, 0.15) is 0 Å². The summed E-state index contributed by atoms with van der Waals surface area (Å²) in [6.45, 7) is 2.04. The molecular weight excluding hydrogens is 160 g/mol. The highest BCUT2D eigenvalue weighted by Gasteiger charge is 2.02. The summed E-state index contributed by atoms with van der Waals surface area (Å²) >= 11 is 0. The number of nitrogens with zero attached hydrogens (tertiary/aromatic N) is 2. The van der Waals surface area contributed by atoms with E-state index in [1.807, 2.05) is 42.9 Å². The van der Waals surface area contributed by atoms with E-state index in [-0.39, 0.29) is 0 Å². The van der Waals surface area contributed by atoms with Gasteiger partial charge in [-0.15, -0.1) is 0 Å². The maximum atomic E-state index is 4.37. The van der Waals surface area contributed by atoms with Crippen LogP contribution in [0.25, 0.3) is 11.3 Å². The molecule has 0 saturated heterocycles. The zero-order valence-corrected chi connectivity index (χ0v) is 7.78. The smallest absolute Gasteiger partial charge is 0.0932 e. The summed E-state index contributed by atoms with van der Waals surface area (Å²) in [4.78, 5) is 0. The van der Waals surface area contributed by atoms with Crippen molar-refractivity contribution in [2.75, 3.05) is 0 Å². The van der Waals surface area contributed by atoms with Crippen LogP contribution in [0, 0.1) is 13.0 Å². The Morgan fingerprint density at radius 1 is 1.38 bits per heavy atom. The van der Waals surface area contributed by atoms with Gasteiger partial charge in [0.2, 0.25) is 0 Å². The summed E-state index contributed by atoms with van der Waals surface area (Å²) in [6.07, 6.45) is 0. The van der Waals surface area contributed by atoms with Crippen molar-refractivity contribution in [1.29, 1.82) is 0 Å². The van der Waals surface area contributed by atoms with Gasteiger partial charge in [0.05, 0.1) is 5.69 Å². The van der Waals surface area contributed by atoms with Crippen LogP contribution in [0.4, 0.5) is 0 Å². The number of aromatic nitrogens is 2. The van der Waals surface area contributed by atoms with Crippen LogP contribution in [0.3, 0.4) is 0 Å². The topological polar surface area (TPSA) is 17.8 Å². The minimum absolute atomic E-state index is 0.987. The Balaban J connectivity index is 2.48. The molecule has 0 fully saturated rings. The van der Waals surface area contributed by atoms with E-state index in [1.165, 1.54) is 0 Å². The average molecular weight is 171 g/mol. The van der Waals surface area contributed by atoms with Gasteiger partial charge in [0.25, 0.3) is 0 Å². The average Bonchev–Trinajstić information content (AvgIpc) is 2.49. The number of rotatable bonds is 1. The SMILES string of the molecule is Cc1cc(-c2[c]cccc2)nn1C. The molecule has 0 saturated carbocycles. The number of hydrogen-bond acceptors (Lipinski definition) is 1. The molecule has 2 nitrogen and oxygen atoms in total. The van der Waals surface area contributed by atoms with Crippen LogP contribution in [0.15, 0.2) is 30.3 Å². The molecule has 0 aliphatic heterocycles. The van der Waals surface area contributed by atoms with Crippen LogP contribution in [-0.4, -0.2) is 9.78 Å². The molecule has 0 spiro atoms. The second-order valence-electron chi connectivity index (χ2n) is 3.07. The molecule has 2 heteroatoms. The standard InChI is InChI=1S/C11H11N2/c1-9-8-11(12-13(9)2)10-6-4-3-5-7-10/h3-6,8H,1-2H3. The Bertz CT molecular complexity index is 382. The molecule has 0 amide bonds. The van der Waals surface area contributed by atoms with E-state index < -0.39 is 0 Å². The lowest BCUT2D eigenvalue weighted by molar-refractivity contribution is 0.743. The van der Waals surface area contributed by atoms with Gasteiger partial charge in [-0.25, -0.2) is 0 Å². The fourth-order valence-corrected chi connectivity index (χ4v) is 1.24. The number of aryl methyl sites for hydroxylation is 2. The molecule has 65 valence electrons. The van der Waals surface area contributed by atoms with E-state index in [0.29, 0.717) is 0 Å². The van der Waals surface area contributed by atoms with Crippen LogP contribution in [-0.2, 0) is 7.05 Å². The minimum atomic E-state index is 0.987. The first-order valence-corrected chi connectivity index (χ1v) is 4.25. The summed E-state index contributed by atoms with van der Waals surface area (Å²) in [5.41, 5.74) is 3.19. The minimum Gasteiger partial charge on any atom is -0.272 e. The van der Waals surface area contributed by atoms with Gasteiger partial charge in [0.15, 0.2) is 0 Å². The number of hydrogen-bond donors (Lipinski definition) is 0. The Morgan fingerprint density at radius 3 is 2.77 bits per heavy atom. The molecule has 1 radical (unpaired) electrons. The van der Waals surface area contributed by atoms with Gasteiger partial charge >= 0.3 is 0 Å². The molecule has 0 aliphatic carbocycles. The van der Waals surface area contributed by atoms with E-state index >= 15 is 0 Å². The Labute approximate surface area is 77.8 Å². The Morgan fingerprint density at radius 2 is 2.23 bits per heavy atom. The molecule has 0 N–H and O–H groups in total. The first-order chi connectivity index (χ1) is 6.27. The fourth-order valence-electron chi connectivity index (χ4n) is 1.24. The summed E-state index contributed by atoms with van der Waals surface area (Å²) in [5.74, 6) is 0. The van der Waals surface area contributed by atoms with Crippen molar-refractivity contribution >= 4 is 0 Å². The maximum Gasteiger partial charge on any atom is 0.0932 e. The van der Waals surface area contributed by atoms with Crippen molar-refractivity contribution in [3.05, 3.63) is 42.1 Å². The largest absolute Gasteiger partial charge is 0.272 e. The zero-order chi connectivity index (χ0) is 9.26. The third-order valence-electron chi connectivity index (χ3n) is 2.10. The van der Waals surface area contributed by atoms with Crippen LogP contribution >= 0.6 is 0 Å². The fraction of sp³-hybridized carbons (Fsp3) is 0.182. The Kier molecular flexibility index (Phi) is 1.89. The molecule has 0 aliphatic rings. The van der Waals surface area contributed by atoms with Gasteiger partial charge in [-0.05, 0) is 19.1 Å². The molecule has 0 atom stereocenters. The highest BCUT2D eigenvalue weighted by atomic mass is 15.3. The first kappa shape index (κ1) is 8.05. The molecule has 1 heterocycles. The van der Waals surface area contributed by atoms with E-state index in [1.54, 1.807) is 0 Å². The second-order valence-corrected chi connectivity index (χ2v) is 3.07. The van der Waals surface area contributed by atoms with E-state index in [2.05, 4.69) is 17.2 Å². The summed E-state index contributed by atoms with van der Waals surface area (Å²) in [6, 6.07) is 13.1. The van der Waals surface area contributed by atoms with Gasteiger partial charge in [-0.1, -0.05) is 24.3 Å². The third-order valence-corrected chi connectivity index (χ3v) is 2.10. The highest BCUT2D eigenvalue weighted by Crippen LogP contribution is 2.16. The van der Waals surface area contributed by atoms with Crippen molar-refractivity contribution in [3.63, 3.8) is 0 Å². The summed E-state index contributed by atoms with van der Waals surface area (Å²) < 4.78 is 1.87. The molecule has 0 bridgehead atoms. The van der Waals surface area contributed by atoms with E-state index in [4.69, 9.17) is 0 Å². The van der Waals surface area contributed by atoms with Crippen molar-refractivity contribution < 1.29 is 0 Å². The molecule has 1 aromatic heterocycles. The predicted molar refractivity (Wildman–Crippen MR) is 52.2 cm³/mol. The highest BCUT2D eigenvalue weighted by molar-refractivity contribution is 5.58. The van der Waals surface area contributed by atoms with Crippen molar-refractivity contribution in [1.82, 2.24) is 9.78 Å². The molecular formula is C11H11N2. The van der Waals surface area contributed by atoms with Gasteiger partial charge in [-0.3, -0.25) is 4.68 Å². The van der Waals surface area contributed by atoms with Gasteiger partial charge in [0, 0.05) is 18.3 Å². The molecule has 2 aromatic rings. The quantitative estimate of drug-likeness (QED) is 0.643. The van der Waals surface area contributed by atoms with E-state index in [9.17, 15) is 0 Å². The van der Waals surface area contributed by atoms with Gasteiger partial charge < -0.3 is 0 Å². The molecule has 0 unspecified atom stereocenters. The molecule has 1 aromatic carbocycles. The van der Waals surface area contributed by atoms with Crippen molar-refractivity contribution in [2.24, 2.45) is 7.05 Å². The monoisotopic (exact) mass is 171 g/mol. The lowest BCUT2D eigenvalue weighted by Gasteiger charge is -1.92. The van der Waals surface area contributed by atoms with Crippen molar-refractivity contribution in [2.45, 2.75) is 6.92 Å². The normalized spacial score (nSPS) is 10.3. The van der Waals surface area contributed by atoms with Crippen molar-refractivity contribution in [3.8, 4) is 11.3 Å². The zero-order valence-electron chi connectivity index (χ0n) is 7.78. The third kappa shape index (κ3) is 1.47. The summed E-state index contributed by atoms with van der Waals surface area (Å²) in [5, 5.41) is 4.37. The maximum absolute atomic E-state index is 4.37.